The molecule has 0 aromatic carbocycles. The van der Waals surface area contributed by atoms with Gasteiger partial charge in [-0.2, -0.15) is 0 Å². The second-order valence-electron chi connectivity index (χ2n) is 1.79. The van der Waals surface area contributed by atoms with Crippen LogP contribution in [0.2, 0.25) is 0 Å². The molecule has 0 saturated carbocycles. The van der Waals surface area contributed by atoms with Gasteiger partial charge in [0.05, 0.1) is 6.61 Å². The van der Waals surface area contributed by atoms with Crippen molar-refractivity contribution in [2.45, 2.75) is 20.0 Å². The Bertz CT molecular complexity index is 82.9. The average Bonchev–Trinajstić information content (AvgIpc) is 1.98. The molecule has 0 spiro atoms. The van der Waals surface area contributed by atoms with Gasteiger partial charge in [-0.3, -0.25) is 0 Å². The van der Waals surface area contributed by atoms with Gasteiger partial charge >= 0.3 is 0 Å². The molecule has 0 heterocycles. The average molecular weight is 146 g/mol. The molecule has 0 aliphatic rings. The predicted octanol–water partition coefficient (Wildman–Crippen LogP) is 0.627. The van der Waals surface area contributed by atoms with Gasteiger partial charge in [0.1, 0.15) is 6.10 Å². The van der Waals surface area contributed by atoms with E-state index in [4.69, 9.17) is 9.47 Å². The van der Waals surface area contributed by atoms with Crippen LogP contribution in [0.15, 0.2) is 0 Å². The third kappa shape index (κ3) is 4.47. The number of carbonyl (C=O) groups is 1. The van der Waals surface area contributed by atoms with Gasteiger partial charge in [0.2, 0.25) is 0 Å². The van der Waals surface area contributed by atoms with Gasteiger partial charge in [0, 0.05) is 13.2 Å². The molecule has 60 valence electrons. The maximum atomic E-state index is 10.2. The first-order chi connectivity index (χ1) is 4.85. The van der Waals surface area contributed by atoms with E-state index >= 15 is 0 Å². The maximum absolute atomic E-state index is 10.2. The monoisotopic (exact) mass is 146 g/mol. The SMILES string of the molecule is CCOCC(C=O)OCC. The van der Waals surface area contributed by atoms with Crippen LogP contribution in [0.25, 0.3) is 0 Å². The zero-order valence-corrected chi connectivity index (χ0v) is 6.50. The summed E-state index contributed by atoms with van der Waals surface area (Å²) in [5.74, 6) is 0. The second-order valence-corrected chi connectivity index (χ2v) is 1.79. The van der Waals surface area contributed by atoms with Crippen LogP contribution in [0.3, 0.4) is 0 Å². The van der Waals surface area contributed by atoms with Crippen molar-refractivity contribution in [3.63, 3.8) is 0 Å². The first-order valence-corrected chi connectivity index (χ1v) is 3.49. The van der Waals surface area contributed by atoms with Crippen LogP contribution in [0.4, 0.5) is 0 Å². The summed E-state index contributed by atoms with van der Waals surface area (Å²) < 4.78 is 9.98. The van der Waals surface area contributed by atoms with Gasteiger partial charge in [-0.1, -0.05) is 0 Å². The van der Waals surface area contributed by atoms with Crippen molar-refractivity contribution >= 4 is 6.29 Å². The van der Waals surface area contributed by atoms with E-state index in [-0.39, 0.29) is 6.10 Å². The Labute approximate surface area is 61.3 Å². The molecule has 1 unspecified atom stereocenters. The molecule has 0 radical (unpaired) electrons. The molecular formula is C7H14O3. The number of aldehydes is 1. The molecule has 3 heteroatoms. The molecule has 3 nitrogen and oxygen atoms in total. The molecule has 0 N–H and O–H groups in total. The van der Waals surface area contributed by atoms with E-state index in [1.54, 1.807) is 0 Å². The Morgan fingerprint density at radius 1 is 1.40 bits per heavy atom. The Morgan fingerprint density at radius 3 is 2.50 bits per heavy atom. The van der Waals surface area contributed by atoms with E-state index in [2.05, 4.69) is 0 Å². The number of hydrogen-bond acceptors (Lipinski definition) is 3. The Kier molecular flexibility index (Phi) is 6.43. The van der Waals surface area contributed by atoms with Crippen molar-refractivity contribution in [1.29, 1.82) is 0 Å². The zero-order chi connectivity index (χ0) is 7.82. The number of ether oxygens (including phenoxy) is 2. The zero-order valence-electron chi connectivity index (χ0n) is 6.50. The third-order valence-corrected chi connectivity index (χ3v) is 1.02. The van der Waals surface area contributed by atoms with Gasteiger partial charge in [-0.25, -0.2) is 0 Å². The summed E-state index contributed by atoms with van der Waals surface area (Å²) >= 11 is 0. The molecule has 0 aromatic heterocycles. The lowest BCUT2D eigenvalue weighted by molar-refractivity contribution is -0.121. The quantitative estimate of drug-likeness (QED) is 0.515. The van der Waals surface area contributed by atoms with Gasteiger partial charge in [0.25, 0.3) is 0 Å². The first-order valence-electron chi connectivity index (χ1n) is 3.49. The number of carbonyl (C=O) groups excluding carboxylic acids is 1. The molecule has 1 atom stereocenters. The molecular weight excluding hydrogens is 132 g/mol. The van der Waals surface area contributed by atoms with E-state index < -0.39 is 0 Å². The van der Waals surface area contributed by atoms with Crippen molar-refractivity contribution in [2.24, 2.45) is 0 Å². The fraction of sp³-hybridized carbons (Fsp3) is 0.857. The van der Waals surface area contributed by atoms with Crippen LogP contribution in [-0.4, -0.2) is 32.2 Å². The van der Waals surface area contributed by atoms with Crippen LogP contribution in [-0.2, 0) is 14.3 Å². The standard InChI is InChI=1S/C7H14O3/c1-3-9-6-7(5-8)10-4-2/h5,7H,3-4,6H2,1-2H3. The van der Waals surface area contributed by atoms with Gasteiger partial charge < -0.3 is 14.3 Å². The normalized spacial score (nSPS) is 13.0. The second kappa shape index (κ2) is 6.71. The minimum absolute atomic E-state index is 0.369. The Morgan fingerprint density at radius 2 is 2.10 bits per heavy atom. The third-order valence-electron chi connectivity index (χ3n) is 1.02. The number of hydrogen-bond donors (Lipinski definition) is 0. The van der Waals surface area contributed by atoms with E-state index in [0.717, 1.165) is 6.29 Å². The fourth-order valence-electron chi connectivity index (χ4n) is 0.575. The predicted molar refractivity (Wildman–Crippen MR) is 38.0 cm³/mol. The van der Waals surface area contributed by atoms with E-state index in [1.165, 1.54) is 0 Å². The van der Waals surface area contributed by atoms with Crippen LogP contribution in [0.5, 0.6) is 0 Å². The molecule has 10 heavy (non-hydrogen) atoms. The summed E-state index contributed by atoms with van der Waals surface area (Å²) in [6, 6.07) is 0. The summed E-state index contributed by atoms with van der Waals surface area (Å²) in [5, 5.41) is 0. The summed E-state index contributed by atoms with van der Waals surface area (Å²) in [6.07, 6.45) is 0.379. The topological polar surface area (TPSA) is 35.5 Å². The van der Waals surface area contributed by atoms with Gasteiger partial charge in [-0.05, 0) is 13.8 Å². The van der Waals surface area contributed by atoms with E-state index in [1.807, 2.05) is 13.8 Å². The molecule has 0 aliphatic carbocycles. The van der Waals surface area contributed by atoms with Crippen LogP contribution >= 0.6 is 0 Å². The highest BCUT2D eigenvalue weighted by Crippen LogP contribution is 1.88. The fourth-order valence-corrected chi connectivity index (χ4v) is 0.575. The summed E-state index contributed by atoms with van der Waals surface area (Å²) in [5.41, 5.74) is 0. The Balaban J connectivity index is 3.29. The highest BCUT2D eigenvalue weighted by atomic mass is 16.5. The lowest BCUT2D eigenvalue weighted by Crippen LogP contribution is -2.21. The first kappa shape index (κ1) is 9.59. The Hall–Kier alpha value is -0.410. The molecule has 0 aliphatic heterocycles. The highest BCUT2D eigenvalue weighted by Gasteiger charge is 2.04. The maximum Gasteiger partial charge on any atom is 0.151 e. The highest BCUT2D eigenvalue weighted by molar-refractivity contribution is 5.56. The van der Waals surface area contributed by atoms with Crippen molar-refractivity contribution in [3.05, 3.63) is 0 Å². The largest absolute Gasteiger partial charge is 0.379 e. The summed E-state index contributed by atoms with van der Waals surface area (Å²) in [4.78, 5) is 10.2. The lowest BCUT2D eigenvalue weighted by Gasteiger charge is -2.08. The number of rotatable bonds is 6. The van der Waals surface area contributed by atoms with Gasteiger partial charge in [-0.15, -0.1) is 0 Å². The lowest BCUT2D eigenvalue weighted by atomic mass is 10.4. The minimum atomic E-state index is -0.384. The van der Waals surface area contributed by atoms with E-state index in [0.29, 0.717) is 19.8 Å². The van der Waals surface area contributed by atoms with Crippen molar-refractivity contribution in [1.82, 2.24) is 0 Å². The van der Waals surface area contributed by atoms with Crippen molar-refractivity contribution in [2.75, 3.05) is 19.8 Å². The molecule has 0 aromatic rings. The van der Waals surface area contributed by atoms with Crippen molar-refractivity contribution in [3.8, 4) is 0 Å². The molecule has 0 amide bonds. The van der Waals surface area contributed by atoms with Crippen LogP contribution in [0.1, 0.15) is 13.8 Å². The smallest absolute Gasteiger partial charge is 0.151 e. The molecule has 0 saturated heterocycles. The summed E-state index contributed by atoms with van der Waals surface area (Å²) in [6.45, 7) is 5.28. The van der Waals surface area contributed by atoms with Crippen LogP contribution < -0.4 is 0 Å². The van der Waals surface area contributed by atoms with Crippen molar-refractivity contribution < 1.29 is 14.3 Å². The van der Waals surface area contributed by atoms with E-state index in [9.17, 15) is 4.79 Å². The van der Waals surface area contributed by atoms with Gasteiger partial charge in [0.15, 0.2) is 6.29 Å². The van der Waals surface area contributed by atoms with Crippen LogP contribution in [0, 0.1) is 0 Å². The molecule has 0 rings (SSSR count). The molecule has 0 bridgehead atoms. The molecule has 0 fully saturated rings. The summed E-state index contributed by atoms with van der Waals surface area (Å²) in [7, 11) is 0. The minimum Gasteiger partial charge on any atom is -0.379 e.